The fourth-order valence-electron chi connectivity index (χ4n) is 11.1. The summed E-state index contributed by atoms with van der Waals surface area (Å²) in [5.41, 5.74) is 0. The van der Waals surface area contributed by atoms with Crippen molar-refractivity contribution in [1.29, 1.82) is 0 Å². The molecular weight excluding hydrogens is 1210 g/mol. The van der Waals surface area contributed by atoms with Crippen molar-refractivity contribution < 1.29 is 80.2 Å². The predicted molar refractivity (Wildman–Crippen MR) is 372 cm³/mol. The van der Waals surface area contributed by atoms with Gasteiger partial charge < -0.3 is 33.8 Å². The van der Waals surface area contributed by atoms with Crippen molar-refractivity contribution in [3.8, 4) is 0 Å². The van der Waals surface area contributed by atoms with Gasteiger partial charge in [0.05, 0.1) is 26.4 Å². The predicted octanol–water partition coefficient (Wildman–Crippen LogP) is 21.2. The molecule has 0 aromatic rings. The average molecular weight is 1350 g/mol. The Kier molecular flexibility index (Phi) is 63.7. The van der Waals surface area contributed by atoms with E-state index in [0.717, 1.165) is 102 Å². The zero-order chi connectivity index (χ0) is 67.9. The number of hydrogen-bond donors (Lipinski definition) is 3. The molecule has 0 aromatic heterocycles. The van der Waals surface area contributed by atoms with Gasteiger partial charge in [0.1, 0.15) is 19.3 Å². The number of aliphatic hydroxyl groups excluding tert-OH is 1. The van der Waals surface area contributed by atoms with Crippen molar-refractivity contribution >= 4 is 39.5 Å². The van der Waals surface area contributed by atoms with Crippen LogP contribution in [0.25, 0.3) is 0 Å². The highest BCUT2D eigenvalue weighted by atomic mass is 31.2. The number of carbonyl (C=O) groups excluding carboxylic acids is 4. The Bertz CT molecular complexity index is 1790. The first-order chi connectivity index (χ1) is 44.4. The van der Waals surface area contributed by atoms with Crippen LogP contribution in [0, 0.1) is 11.8 Å². The molecule has 92 heavy (non-hydrogen) atoms. The van der Waals surface area contributed by atoms with Crippen molar-refractivity contribution in [3.05, 3.63) is 0 Å². The largest absolute Gasteiger partial charge is 0.472 e. The summed E-state index contributed by atoms with van der Waals surface area (Å²) in [6, 6.07) is 0. The Morgan fingerprint density at radius 3 is 0.739 bits per heavy atom. The Balaban J connectivity index is 5.16. The van der Waals surface area contributed by atoms with E-state index in [1.807, 2.05) is 0 Å². The van der Waals surface area contributed by atoms with Gasteiger partial charge in [0, 0.05) is 25.7 Å². The van der Waals surface area contributed by atoms with E-state index in [1.54, 1.807) is 0 Å². The minimum absolute atomic E-state index is 0.107. The van der Waals surface area contributed by atoms with E-state index in [2.05, 4.69) is 41.5 Å². The summed E-state index contributed by atoms with van der Waals surface area (Å²) >= 11 is 0. The zero-order valence-corrected chi connectivity index (χ0v) is 61.6. The highest BCUT2D eigenvalue weighted by molar-refractivity contribution is 7.47. The SMILES string of the molecule is CCCCCCCCCCCCCC(=O)O[C@H](COC(=O)CCCCCCCCCCC)COP(=O)(O)OC[C@H](O)COP(=O)(O)OC[C@@H](COC(=O)CCCCCCCCCCC(C)C)OC(=O)CCCCCCCCCCCCCCCCCCCCC(C)C. The number of phosphoric acid groups is 2. The molecule has 17 nitrogen and oxygen atoms in total. The van der Waals surface area contributed by atoms with Gasteiger partial charge in [0.2, 0.25) is 0 Å². The second-order valence-electron chi connectivity index (χ2n) is 27.3. The topological polar surface area (TPSA) is 237 Å². The van der Waals surface area contributed by atoms with Crippen LogP contribution in [0.5, 0.6) is 0 Å². The van der Waals surface area contributed by atoms with Gasteiger partial charge in [-0.15, -0.1) is 0 Å². The maximum absolute atomic E-state index is 13.0. The molecule has 0 saturated heterocycles. The monoisotopic (exact) mass is 1350 g/mol. The minimum atomic E-state index is -4.95. The molecule has 0 rings (SSSR count). The molecule has 0 aromatic carbocycles. The van der Waals surface area contributed by atoms with E-state index >= 15 is 0 Å². The van der Waals surface area contributed by atoms with Gasteiger partial charge in [-0.3, -0.25) is 37.3 Å². The molecule has 0 aliphatic carbocycles. The Morgan fingerprint density at radius 1 is 0.293 bits per heavy atom. The van der Waals surface area contributed by atoms with Gasteiger partial charge >= 0.3 is 39.5 Å². The number of aliphatic hydroxyl groups is 1. The molecule has 19 heteroatoms. The molecule has 546 valence electrons. The van der Waals surface area contributed by atoms with Crippen LogP contribution in [0.15, 0.2) is 0 Å². The Hall–Kier alpha value is -1.94. The average Bonchev–Trinajstić information content (AvgIpc) is 1.66. The zero-order valence-electron chi connectivity index (χ0n) is 59.9. The fraction of sp³-hybridized carbons (Fsp3) is 0.945. The number of carbonyl (C=O) groups is 4. The summed E-state index contributed by atoms with van der Waals surface area (Å²) in [7, 11) is -9.90. The van der Waals surface area contributed by atoms with E-state index in [1.165, 1.54) is 193 Å². The van der Waals surface area contributed by atoms with Gasteiger partial charge in [-0.1, -0.05) is 324 Å². The van der Waals surface area contributed by atoms with Gasteiger partial charge in [-0.2, -0.15) is 0 Å². The highest BCUT2D eigenvalue weighted by Crippen LogP contribution is 2.45. The van der Waals surface area contributed by atoms with Crippen molar-refractivity contribution in [1.82, 2.24) is 0 Å². The quantitative estimate of drug-likeness (QED) is 0.0222. The highest BCUT2D eigenvalue weighted by Gasteiger charge is 2.30. The van der Waals surface area contributed by atoms with E-state index in [4.69, 9.17) is 37.0 Å². The van der Waals surface area contributed by atoms with Crippen molar-refractivity contribution in [2.24, 2.45) is 11.8 Å². The molecule has 0 amide bonds. The van der Waals surface area contributed by atoms with E-state index in [-0.39, 0.29) is 25.7 Å². The van der Waals surface area contributed by atoms with Crippen LogP contribution in [0.1, 0.15) is 375 Å². The molecule has 0 spiro atoms. The van der Waals surface area contributed by atoms with Crippen molar-refractivity contribution in [2.45, 2.75) is 394 Å². The number of unbranched alkanes of at least 4 members (excludes halogenated alkanes) is 42. The van der Waals surface area contributed by atoms with Crippen molar-refractivity contribution in [2.75, 3.05) is 39.6 Å². The molecule has 3 N–H and O–H groups in total. The van der Waals surface area contributed by atoms with Gasteiger partial charge in [0.15, 0.2) is 12.2 Å². The van der Waals surface area contributed by atoms with E-state index in [9.17, 15) is 43.2 Å². The lowest BCUT2D eigenvalue weighted by atomic mass is 10.0. The smallest absolute Gasteiger partial charge is 0.462 e. The van der Waals surface area contributed by atoms with Gasteiger partial charge in [-0.05, 0) is 37.5 Å². The lowest BCUT2D eigenvalue weighted by Gasteiger charge is -2.21. The molecule has 0 aliphatic heterocycles. The lowest BCUT2D eigenvalue weighted by molar-refractivity contribution is -0.161. The van der Waals surface area contributed by atoms with Crippen molar-refractivity contribution in [3.63, 3.8) is 0 Å². The molecule has 0 saturated carbocycles. The second-order valence-corrected chi connectivity index (χ2v) is 30.2. The van der Waals surface area contributed by atoms with Crippen LogP contribution < -0.4 is 0 Å². The summed E-state index contributed by atoms with van der Waals surface area (Å²) in [5.74, 6) is -0.575. The first-order valence-electron chi connectivity index (χ1n) is 38.0. The molecule has 2 unspecified atom stereocenters. The molecule has 0 bridgehead atoms. The first-order valence-corrected chi connectivity index (χ1v) is 41.0. The van der Waals surface area contributed by atoms with Crippen LogP contribution in [-0.2, 0) is 65.4 Å². The van der Waals surface area contributed by atoms with E-state index in [0.29, 0.717) is 25.7 Å². The Labute approximate surface area is 562 Å². The normalized spacial score (nSPS) is 14.1. The molecule has 0 aliphatic rings. The third-order valence-corrected chi connectivity index (χ3v) is 18.9. The van der Waals surface area contributed by atoms with Crippen LogP contribution >= 0.6 is 15.6 Å². The summed E-state index contributed by atoms with van der Waals surface area (Å²) in [4.78, 5) is 72.5. The number of ether oxygens (including phenoxy) is 4. The second kappa shape index (κ2) is 65.0. The molecule has 0 heterocycles. The third kappa shape index (κ3) is 66.7. The lowest BCUT2D eigenvalue weighted by Crippen LogP contribution is -2.30. The maximum atomic E-state index is 13.0. The standard InChI is InChI=1S/C73H142O17P2/c1-7-9-11-13-15-17-26-31-39-45-51-57-72(77)89-68(61-83-70(75)55-49-43-37-29-16-14-12-10-8-2)63-87-91(79,80)85-59-67(74)60-86-92(81,82)88-64-69(62-84-71(76)56-50-44-38-34-33-36-42-48-54-66(5)6)90-73(78)58-52-46-40-32-28-25-23-21-19-18-20-22-24-27-30-35-41-47-53-65(3)4/h65-69,74H,7-64H2,1-6H3,(H,79,80)(H,81,82)/t67-,68+,69+/m0/s1. The number of hydrogen-bond acceptors (Lipinski definition) is 15. The van der Waals surface area contributed by atoms with Crippen LogP contribution in [0.4, 0.5) is 0 Å². The number of rotatable bonds is 72. The molecule has 0 radical (unpaired) electrons. The number of phosphoric ester groups is 2. The molecule has 0 fully saturated rings. The van der Waals surface area contributed by atoms with Crippen LogP contribution in [-0.4, -0.2) is 96.7 Å². The minimum Gasteiger partial charge on any atom is -0.462 e. The van der Waals surface area contributed by atoms with Gasteiger partial charge in [-0.25, -0.2) is 9.13 Å². The summed E-state index contributed by atoms with van der Waals surface area (Å²) in [5, 5.41) is 10.6. The van der Waals surface area contributed by atoms with Gasteiger partial charge in [0.25, 0.3) is 0 Å². The summed E-state index contributed by atoms with van der Waals surface area (Å²) in [6.45, 7) is 9.55. The first kappa shape index (κ1) is 90.1. The Morgan fingerprint density at radius 2 is 0.500 bits per heavy atom. The van der Waals surface area contributed by atoms with Crippen LogP contribution in [0.2, 0.25) is 0 Å². The fourth-order valence-corrected chi connectivity index (χ4v) is 12.7. The summed E-state index contributed by atoms with van der Waals surface area (Å²) in [6.07, 6.45) is 51.4. The van der Waals surface area contributed by atoms with Crippen LogP contribution in [0.3, 0.4) is 0 Å². The van der Waals surface area contributed by atoms with E-state index < -0.39 is 97.5 Å². The number of esters is 4. The molecule has 5 atom stereocenters. The summed E-state index contributed by atoms with van der Waals surface area (Å²) < 4.78 is 68.3. The third-order valence-electron chi connectivity index (χ3n) is 17.0. The molecular formula is C73H142O17P2. The maximum Gasteiger partial charge on any atom is 0.472 e.